The molecule has 1 aliphatic rings. The van der Waals surface area contributed by atoms with Gasteiger partial charge in [0.05, 0.1) is 16.6 Å². The minimum atomic E-state index is -1.32. The van der Waals surface area contributed by atoms with Gasteiger partial charge < -0.3 is 10.2 Å². The largest absolute Gasteiger partial charge is 0.351 e. The first-order valence-electron chi connectivity index (χ1n) is 6.63. The van der Waals surface area contributed by atoms with E-state index in [2.05, 4.69) is 10.2 Å². The van der Waals surface area contributed by atoms with Gasteiger partial charge >= 0.3 is 5.69 Å². The SMILES string of the molecule is O=C(NCCN1CCCC1)c1cc(F)cc([N+](=O)[O-])c1F. The van der Waals surface area contributed by atoms with E-state index >= 15 is 0 Å². The Morgan fingerprint density at radius 1 is 1.33 bits per heavy atom. The molecule has 0 unspecified atom stereocenters. The summed E-state index contributed by atoms with van der Waals surface area (Å²) in [6.45, 7) is 2.80. The molecule has 1 aliphatic heterocycles. The van der Waals surface area contributed by atoms with E-state index in [-0.39, 0.29) is 6.54 Å². The van der Waals surface area contributed by atoms with Crippen LogP contribution >= 0.6 is 0 Å². The Morgan fingerprint density at radius 3 is 2.62 bits per heavy atom. The van der Waals surface area contributed by atoms with Gasteiger partial charge in [0.1, 0.15) is 5.82 Å². The number of halogens is 2. The summed E-state index contributed by atoms with van der Waals surface area (Å²) < 4.78 is 27.0. The van der Waals surface area contributed by atoms with E-state index in [4.69, 9.17) is 0 Å². The van der Waals surface area contributed by atoms with Crippen molar-refractivity contribution >= 4 is 11.6 Å². The monoisotopic (exact) mass is 299 g/mol. The molecule has 114 valence electrons. The number of likely N-dealkylation sites (tertiary alicyclic amines) is 1. The minimum Gasteiger partial charge on any atom is -0.351 e. The molecule has 1 saturated heterocycles. The summed E-state index contributed by atoms with van der Waals surface area (Å²) in [5, 5.41) is 13.0. The molecule has 1 heterocycles. The fraction of sp³-hybridized carbons (Fsp3) is 0.462. The first-order chi connectivity index (χ1) is 9.99. The summed E-state index contributed by atoms with van der Waals surface area (Å²) in [6.07, 6.45) is 2.22. The highest BCUT2D eigenvalue weighted by atomic mass is 19.1. The zero-order chi connectivity index (χ0) is 15.4. The molecular formula is C13H15F2N3O3. The third kappa shape index (κ3) is 3.72. The number of carbonyl (C=O) groups excluding carboxylic acids is 1. The molecule has 1 aromatic rings. The fourth-order valence-electron chi connectivity index (χ4n) is 2.30. The van der Waals surface area contributed by atoms with Crippen LogP contribution in [0.4, 0.5) is 14.5 Å². The molecule has 8 heteroatoms. The first-order valence-corrected chi connectivity index (χ1v) is 6.63. The van der Waals surface area contributed by atoms with Crippen LogP contribution in [0.5, 0.6) is 0 Å². The van der Waals surface area contributed by atoms with Crippen LogP contribution in [0.15, 0.2) is 12.1 Å². The Bertz CT molecular complexity index is 560. The van der Waals surface area contributed by atoms with Crippen LogP contribution in [0, 0.1) is 21.7 Å². The van der Waals surface area contributed by atoms with Crippen molar-refractivity contribution in [3.8, 4) is 0 Å². The van der Waals surface area contributed by atoms with Crippen LogP contribution in [0.3, 0.4) is 0 Å². The van der Waals surface area contributed by atoms with E-state index in [1.165, 1.54) is 0 Å². The van der Waals surface area contributed by atoms with Crippen molar-refractivity contribution in [1.82, 2.24) is 10.2 Å². The minimum absolute atomic E-state index is 0.280. The third-order valence-corrected chi connectivity index (χ3v) is 3.37. The summed E-state index contributed by atoms with van der Waals surface area (Å²) in [5.41, 5.74) is -1.69. The number of carbonyl (C=O) groups is 1. The van der Waals surface area contributed by atoms with Gasteiger partial charge in [-0.05, 0) is 32.0 Å². The van der Waals surface area contributed by atoms with Crippen LogP contribution in [0.2, 0.25) is 0 Å². The number of hydrogen-bond acceptors (Lipinski definition) is 4. The van der Waals surface area contributed by atoms with Crippen LogP contribution in [-0.4, -0.2) is 41.9 Å². The topological polar surface area (TPSA) is 75.5 Å². The molecule has 0 saturated carbocycles. The molecule has 0 atom stereocenters. The van der Waals surface area contributed by atoms with Crippen molar-refractivity contribution in [2.75, 3.05) is 26.2 Å². The molecule has 0 aliphatic carbocycles. The zero-order valence-electron chi connectivity index (χ0n) is 11.3. The second-order valence-electron chi connectivity index (χ2n) is 4.85. The predicted octanol–water partition coefficient (Wildman–Crippen LogP) is 1.70. The zero-order valence-corrected chi connectivity index (χ0v) is 11.3. The van der Waals surface area contributed by atoms with E-state index < -0.39 is 33.7 Å². The van der Waals surface area contributed by atoms with Gasteiger partial charge in [-0.3, -0.25) is 14.9 Å². The van der Waals surface area contributed by atoms with Crippen molar-refractivity contribution in [1.29, 1.82) is 0 Å². The third-order valence-electron chi connectivity index (χ3n) is 3.37. The normalized spacial score (nSPS) is 15.1. The van der Waals surface area contributed by atoms with Crippen LogP contribution in [-0.2, 0) is 0 Å². The molecule has 1 aromatic carbocycles. The van der Waals surface area contributed by atoms with E-state index in [0.717, 1.165) is 25.9 Å². The molecule has 21 heavy (non-hydrogen) atoms. The summed E-state index contributed by atoms with van der Waals surface area (Å²) in [4.78, 5) is 23.5. The van der Waals surface area contributed by atoms with Gasteiger partial charge in [0.2, 0.25) is 5.82 Å². The van der Waals surface area contributed by atoms with Gasteiger partial charge in [-0.15, -0.1) is 0 Å². The Morgan fingerprint density at radius 2 is 2.00 bits per heavy atom. The number of nitrogens with one attached hydrogen (secondary N) is 1. The highest BCUT2D eigenvalue weighted by Gasteiger charge is 2.24. The summed E-state index contributed by atoms with van der Waals surface area (Å²) in [6, 6.07) is 1.11. The maximum Gasteiger partial charge on any atom is 0.308 e. The van der Waals surface area contributed by atoms with Crippen molar-refractivity contribution in [2.24, 2.45) is 0 Å². The number of rotatable bonds is 5. The Balaban J connectivity index is 2.02. The van der Waals surface area contributed by atoms with Gasteiger partial charge in [-0.2, -0.15) is 4.39 Å². The summed E-state index contributed by atoms with van der Waals surface area (Å²) in [5.74, 6) is -3.19. The van der Waals surface area contributed by atoms with E-state index in [1.54, 1.807) is 0 Å². The average molecular weight is 299 g/mol. The quantitative estimate of drug-likeness (QED) is 0.663. The van der Waals surface area contributed by atoms with Gasteiger partial charge in [-0.1, -0.05) is 0 Å². The van der Waals surface area contributed by atoms with Crippen LogP contribution < -0.4 is 5.32 Å². The molecular weight excluding hydrogens is 284 g/mol. The number of nitrogens with zero attached hydrogens (tertiary/aromatic N) is 2. The summed E-state index contributed by atoms with van der Waals surface area (Å²) >= 11 is 0. The fourth-order valence-corrected chi connectivity index (χ4v) is 2.30. The van der Waals surface area contributed by atoms with Crippen molar-refractivity contribution in [3.05, 3.63) is 39.4 Å². The molecule has 0 spiro atoms. The Hall–Kier alpha value is -2.09. The highest BCUT2D eigenvalue weighted by Crippen LogP contribution is 2.22. The van der Waals surface area contributed by atoms with Crippen LogP contribution in [0.1, 0.15) is 23.2 Å². The lowest BCUT2D eigenvalue weighted by Gasteiger charge is -2.14. The maximum atomic E-state index is 13.8. The summed E-state index contributed by atoms with van der Waals surface area (Å²) in [7, 11) is 0. The molecule has 0 radical (unpaired) electrons. The first kappa shape index (κ1) is 15.3. The predicted molar refractivity (Wildman–Crippen MR) is 71.0 cm³/mol. The molecule has 0 bridgehead atoms. The lowest BCUT2D eigenvalue weighted by atomic mass is 10.1. The molecule has 0 aromatic heterocycles. The van der Waals surface area contributed by atoms with Gasteiger partial charge in [0.25, 0.3) is 5.91 Å². The molecule has 1 fully saturated rings. The molecule has 1 amide bonds. The number of benzene rings is 1. The number of hydrogen-bond donors (Lipinski definition) is 1. The highest BCUT2D eigenvalue weighted by molar-refractivity contribution is 5.95. The number of nitro benzene ring substituents is 1. The van der Waals surface area contributed by atoms with Crippen molar-refractivity contribution in [2.45, 2.75) is 12.8 Å². The lowest BCUT2D eigenvalue weighted by molar-refractivity contribution is -0.387. The number of amides is 1. The second-order valence-corrected chi connectivity index (χ2v) is 4.85. The standard InChI is InChI=1S/C13H15F2N3O3/c14-9-7-10(12(15)11(8-9)18(20)21)13(19)16-3-6-17-4-1-2-5-17/h7-8H,1-6H2,(H,16,19). The lowest BCUT2D eigenvalue weighted by Crippen LogP contribution is -2.34. The van der Waals surface area contributed by atoms with Crippen LogP contribution in [0.25, 0.3) is 0 Å². The van der Waals surface area contributed by atoms with E-state index in [1.807, 2.05) is 0 Å². The molecule has 2 rings (SSSR count). The van der Waals surface area contributed by atoms with E-state index in [0.29, 0.717) is 18.7 Å². The molecule has 1 N–H and O–H groups in total. The van der Waals surface area contributed by atoms with Gasteiger partial charge in [-0.25, -0.2) is 4.39 Å². The van der Waals surface area contributed by atoms with Gasteiger partial charge in [0, 0.05) is 13.1 Å². The van der Waals surface area contributed by atoms with Crippen molar-refractivity contribution in [3.63, 3.8) is 0 Å². The second kappa shape index (κ2) is 6.57. The average Bonchev–Trinajstić information content (AvgIpc) is 2.93. The smallest absolute Gasteiger partial charge is 0.308 e. The number of nitro groups is 1. The maximum absolute atomic E-state index is 13.8. The van der Waals surface area contributed by atoms with Gasteiger partial charge in [0.15, 0.2) is 0 Å². The Kier molecular flexibility index (Phi) is 4.79. The van der Waals surface area contributed by atoms with Crippen molar-refractivity contribution < 1.29 is 18.5 Å². The molecule has 6 nitrogen and oxygen atoms in total. The Labute approximate surface area is 119 Å². The van der Waals surface area contributed by atoms with E-state index in [9.17, 15) is 23.7 Å².